The van der Waals surface area contributed by atoms with Crippen molar-refractivity contribution in [2.75, 3.05) is 18.2 Å². The molecule has 0 atom stereocenters. The molecule has 3 aromatic rings. The van der Waals surface area contributed by atoms with Crippen LogP contribution >= 0.6 is 11.8 Å². The van der Waals surface area contributed by atoms with Gasteiger partial charge >= 0.3 is 0 Å². The summed E-state index contributed by atoms with van der Waals surface area (Å²) in [6.07, 6.45) is 0. The molecular weight excluding hydrogens is 317 g/mol. The van der Waals surface area contributed by atoms with Gasteiger partial charge in [-0.25, -0.2) is 15.0 Å². The van der Waals surface area contributed by atoms with Gasteiger partial charge in [0.15, 0.2) is 22.1 Å². The van der Waals surface area contributed by atoms with E-state index < -0.39 is 6.67 Å². The van der Waals surface area contributed by atoms with Crippen molar-refractivity contribution >= 4 is 28.7 Å². The molecule has 0 spiro atoms. The molecule has 0 aliphatic heterocycles. The normalized spacial score (nSPS) is 11.2. The number of nitrogens with two attached hydrogens (primary N) is 1. The van der Waals surface area contributed by atoms with Crippen molar-refractivity contribution in [1.82, 2.24) is 19.5 Å². The van der Waals surface area contributed by atoms with Crippen LogP contribution in [-0.2, 0) is 13.2 Å². The summed E-state index contributed by atoms with van der Waals surface area (Å²) in [6, 6.07) is 9.79. The van der Waals surface area contributed by atoms with Gasteiger partial charge < -0.3 is 15.4 Å². The van der Waals surface area contributed by atoms with Gasteiger partial charge in [0, 0.05) is 5.75 Å². The number of benzene rings is 1. The Morgan fingerprint density at radius 3 is 2.65 bits per heavy atom. The van der Waals surface area contributed by atoms with Crippen LogP contribution in [0.2, 0.25) is 0 Å². The third-order valence-corrected chi connectivity index (χ3v) is 4.11. The topological polar surface area (TPSA) is 89.8 Å². The number of imidazole rings is 1. The molecule has 0 aliphatic carbocycles. The lowest BCUT2D eigenvalue weighted by Gasteiger charge is -2.08. The second kappa shape index (κ2) is 6.93. The monoisotopic (exact) mass is 333 g/mol. The van der Waals surface area contributed by atoms with Crippen LogP contribution in [0.1, 0.15) is 11.4 Å². The summed E-state index contributed by atoms with van der Waals surface area (Å²) in [5, 5.41) is 9.98. The van der Waals surface area contributed by atoms with Crippen LogP contribution in [0, 0.1) is 0 Å². The molecule has 8 heteroatoms. The molecule has 1 aromatic carbocycles. The van der Waals surface area contributed by atoms with Crippen LogP contribution in [0.25, 0.3) is 11.2 Å². The maximum atomic E-state index is 12.4. The Hall–Kier alpha value is -2.19. The zero-order valence-corrected chi connectivity index (χ0v) is 13.1. The van der Waals surface area contributed by atoms with Gasteiger partial charge in [0.2, 0.25) is 0 Å². The van der Waals surface area contributed by atoms with E-state index in [0.717, 1.165) is 5.56 Å². The zero-order valence-electron chi connectivity index (χ0n) is 12.3. The number of halogens is 1. The fraction of sp³-hybridized carbons (Fsp3) is 0.267. The summed E-state index contributed by atoms with van der Waals surface area (Å²) in [7, 11) is 0. The van der Waals surface area contributed by atoms with Gasteiger partial charge in [-0.2, -0.15) is 0 Å². The fourth-order valence-electron chi connectivity index (χ4n) is 2.29. The maximum absolute atomic E-state index is 12.4. The summed E-state index contributed by atoms with van der Waals surface area (Å²) in [6.45, 7) is -0.177. The smallest absolute Gasteiger partial charge is 0.191 e. The predicted molar refractivity (Wildman–Crippen MR) is 87.9 cm³/mol. The van der Waals surface area contributed by atoms with Gasteiger partial charge in [-0.15, -0.1) is 0 Å². The average molecular weight is 333 g/mol. The SMILES string of the molecule is Nc1nc(SCCF)nc2c1nc(CO)n2Cc1ccccc1. The molecule has 0 bridgehead atoms. The molecular formula is C15H16FN5OS. The number of aliphatic hydroxyl groups excluding tert-OH is 1. The van der Waals surface area contributed by atoms with E-state index in [-0.39, 0.29) is 18.2 Å². The number of nitrogen functional groups attached to an aromatic ring is 1. The Balaban J connectivity index is 2.08. The van der Waals surface area contributed by atoms with E-state index in [2.05, 4.69) is 15.0 Å². The van der Waals surface area contributed by atoms with Gasteiger partial charge in [0.1, 0.15) is 12.4 Å². The first-order chi connectivity index (χ1) is 11.2. The molecule has 2 aromatic heterocycles. The number of aliphatic hydroxyl groups is 1. The van der Waals surface area contributed by atoms with E-state index in [1.54, 1.807) is 0 Å². The molecule has 6 nitrogen and oxygen atoms in total. The summed E-state index contributed by atoms with van der Waals surface area (Å²) in [5.74, 6) is 0.973. The van der Waals surface area contributed by atoms with Crippen LogP contribution in [0.3, 0.4) is 0 Å². The van der Waals surface area contributed by atoms with Crippen molar-refractivity contribution in [3.8, 4) is 0 Å². The van der Waals surface area contributed by atoms with Crippen molar-refractivity contribution in [3.63, 3.8) is 0 Å². The Kier molecular flexibility index (Phi) is 4.73. The third-order valence-electron chi connectivity index (χ3n) is 3.31. The Morgan fingerprint density at radius 1 is 1.17 bits per heavy atom. The van der Waals surface area contributed by atoms with Gasteiger partial charge in [0.25, 0.3) is 0 Å². The highest BCUT2D eigenvalue weighted by atomic mass is 32.2. The number of nitrogens with zero attached hydrogens (tertiary/aromatic N) is 4. The summed E-state index contributed by atoms with van der Waals surface area (Å²) in [4.78, 5) is 12.9. The third kappa shape index (κ3) is 3.27. The minimum Gasteiger partial charge on any atom is -0.388 e. The molecule has 0 saturated heterocycles. The van der Waals surface area contributed by atoms with E-state index in [0.29, 0.717) is 28.7 Å². The Labute approximate surface area is 136 Å². The first kappa shape index (κ1) is 15.7. The number of aromatic nitrogens is 4. The van der Waals surface area contributed by atoms with Gasteiger partial charge in [-0.3, -0.25) is 4.39 Å². The summed E-state index contributed by atoms with van der Waals surface area (Å²) >= 11 is 1.20. The highest BCUT2D eigenvalue weighted by Crippen LogP contribution is 2.24. The number of hydrogen-bond acceptors (Lipinski definition) is 6. The van der Waals surface area contributed by atoms with Crippen molar-refractivity contribution in [2.45, 2.75) is 18.3 Å². The highest BCUT2D eigenvalue weighted by Gasteiger charge is 2.16. The Morgan fingerprint density at radius 2 is 1.96 bits per heavy atom. The quantitative estimate of drug-likeness (QED) is 0.530. The van der Waals surface area contributed by atoms with E-state index >= 15 is 0 Å². The van der Waals surface area contributed by atoms with Crippen LogP contribution in [0.5, 0.6) is 0 Å². The standard InChI is InChI=1S/C15H16FN5OS/c16-6-7-23-15-19-13(17)12-14(20-15)21(11(9-22)18-12)8-10-4-2-1-3-5-10/h1-5,22H,6-9H2,(H2,17,19,20). The van der Waals surface area contributed by atoms with Crippen LogP contribution in [0.4, 0.5) is 10.2 Å². The lowest BCUT2D eigenvalue weighted by molar-refractivity contribution is 0.267. The predicted octanol–water partition coefficient (Wildman–Crippen LogP) is 2.01. The number of anilines is 1. The fourth-order valence-corrected chi connectivity index (χ4v) is 2.87. The molecule has 23 heavy (non-hydrogen) atoms. The van der Waals surface area contributed by atoms with Crippen LogP contribution < -0.4 is 5.73 Å². The lowest BCUT2D eigenvalue weighted by Crippen LogP contribution is -2.06. The first-order valence-corrected chi connectivity index (χ1v) is 8.07. The summed E-state index contributed by atoms with van der Waals surface area (Å²) in [5.41, 5.74) is 8.00. The molecule has 0 fully saturated rings. The first-order valence-electron chi connectivity index (χ1n) is 7.09. The zero-order chi connectivity index (χ0) is 16.2. The number of fused-ring (bicyclic) bond motifs is 1. The number of hydrogen-bond donors (Lipinski definition) is 2. The molecule has 2 heterocycles. The van der Waals surface area contributed by atoms with E-state index in [1.165, 1.54) is 11.8 Å². The van der Waals surface area contributed by atoms with Crippen molar-refractivity contribution in [2.24, 2.45) is 0 Å². The maximum Gasteiger partial charge on any atom is 0.191 e. The molecule has 0 amide bonds. The largest absolute Gasteiger partial charge is 0.388 e. The molecule has 3 rings (SSSR count). The molecule has 120 valence electrons. The van der Waals surface area contributed by atoms with E-state index in [4.69, 9.17) is 5.73 Å². The van der Waals surface area contributed by atoms with Crippen molar-refractivity contribution < 1.29 is 9.50 Å². The second-order valence-electron chi connectivity index (χ2n) is 4.86. The minimum absolute atomic E-state index is 0.227. The van der Waals surface area contributed by atoms with Gasteiger partial charge in [0.05, 0.1) is 13.2 Å². The van der Waals surface area contributed by atoms with Gasteiger partial charge in [-0.1, -0.05) is 42.1 Å². The molecule has 0 radical (unpaired) electrons. The van der Waals surface area contributed by atoms with E-state index in [1.807, 2.05) is 34.9 Å². The van der Waals surface area contributed by atoms with Crippen molar-refractivity contribution in [3.05, 3.63) is 41.7 Å². The molecule has 0 saturated carbocycles. The van der Waals surface area contributed by atoms with Gasteiger partial charge in [-0.05, 0) is 5.56 Å². The van der Waals surface area contributed by atoms with Crippen LogP contribution in [0.15, 0.2) is 35.5 Å². The Bertz CT molecular complexity index is 808. The summed E-state index contributed by atoms with van der Waals surface area (Å²) < 4.78 is 14.2. The van der Waals surface area contributed by atoms with Crippen LogP contribution in [-0.4, -0.2) is 37.1 Å². The lowest BCUT2D eigenvalue weighted by atomic mass is 10.2. The molecule has 0 unspecified atom stereocenters. The van der Waals surface area contributed by atoms with Crippen molar-refractivity contribution in [1.29, 1.82) is 0 Å². The number of rotatable bonds is 6. The van der Waals surface area contributed by atoms with E-state index in [9.17, 15) is 9.50 Å². The highest BCUT2D eigenvalue weighted by molar-refractivity contribution is 7.99. The molecule has 3 N–H and O–H groups in total. The second-order valence-corrected chi connectivity index (χ2v) is 5.92. The minimum atomic E-state index is -0.461. The average Bonchev–Trinajstić information content (AvgIpc) is 2.92. The molecule has 0 aliphatic rings. The number of thioether (sulfide) groups is 1. The number of alkyl halides is 1.